The largest absolute Gasteiger partial charge is 0.452 e. The molecule has 2 aromatic rings. The minimum absolute atomic E-state index is 0.300. The smallest absolute Gasteiger partial charge is 0.339 e. The maximum atomic E-state index is 11.9. The molecule has 0 saturated carbocycles. The van der Waals surface area contributed by atoms with Crippen molar-refractivity contribution in [3.63, 3.8) is 0 Å². The van der Waals surface area contributed by atoms with Gasteiger partial charge in [-0.1, -0.05) is 29.3 Å². The molecule has 1 aromatic carbocycles. The van der Waals surface area contributed by atoms with Gasteiger partial charge in [-0.05, 0) is 32.0 Å². The summed E-state index contributed by atoms with van der Waals surface area (Å²) in [7, 11) is 0. The molecule has 22 heavy (non-hydrogen) atoms. The maximum absolute atomic E-state index is 11.9. The molecule has 0 unspecified atom stereocenters. The van der Waals surface area contributed by atoms with Crippen LogP contribution in [-0.4, -0.2) is 18.5 Å². The van der Waals surface area contributed by atoms with Crippen molar-refractivity contribution in [3.05, 3.63) is 49.6 Å². The van der Waals surface area contributed by atoms with Crippen LogP contribution in [0.15, 0.2) is 24.3 Å². The minimum atomic E-state index is -0.526. The van der Waals surface area contributed by atoms with Gasteiger partial charge in [0.1, 0.15) is 0 Å². The summed E-state index contributed by atoms with van der Waals surface area (Å²) in [6.45, 7) is 3.33. The Morgan fingerprint density at radius 1 is 1.23 bits per heavy atom. The SMILES string of the molecule is Cc1cc(C(=O)OCC(=O)Nc2c(Cl)cccc2Cl)c(C)s1. The van der Waals surface area contributed by atoms with E-state index in [9.17, 15) is 9.59 Å². The predicted octanol–water partition coefficient (Wildman–Crippen LogP) is 4.47. The summed E-state index contributed by atoms with van der Waals surface area (Å²) < 4.78 is 5.01. The number of para-hydroxylation sites is 1. The number of carbonyl (C=O) groups is 2. The van der Waals surface area contributed by atoms with Crippen molar-refractivity contribution in [3.8, 4) is 0 Å². The van der Waals surface area contributed by atoms with E-state index in [1.54, 1.807) is 24.3 Å². The molecular weight excluding hydrogens is 345 g/mol. The van der Waals surface area contributed by atoms with Crippen LogP contribution in [0.3, 0.4) is 0 Å². The van der Waals surface area contributed by atoms with E-state index in [0.29, 0.717) is 21.3 Å². The van der Waals surface area contributed by atoms with E-state index < -0.39 is 18.5 Å². The molecule has 0 aliphatic rings. The van der Waals surface area contributed by atoms with E-state index in [1.807, 2.05) is 13.8 Å². The normalized spacial score (nSPS) is 10.4. The Bertz CT molecular complexity index is 707. The number of amides is 1. The number of hydrogen-bond donors (Lipinski definition) is 1. The maximum Gasteiger partial charge on any atom is 0.339 e. The van der Waals surface area contributed by atoms with Crippen LogP contribution in [-0.2, 0) is 9.53 Å². The van der Waals surface area contributed by atoms with Gasteiger partial charge in [0.25, 0.3) is 5.91 Å². The number of aryl methyl sites for hydroxylation is 2. The second-order valence-corrected chi connectivity index (χ2v) is 6.82. The molecule has 0 radical (unpaired) electrons. The summed E-state index contributed by atoms with van der Waals surface area (Å²) >= 11 is 13.4. The van der Waals surface area contributed by atoms with Crippen molar-refractivity contribution in [1.29, 1.82) is 0 Å². The lowest BCUT2D eigenvalue weighted by molar-refractivity contribution is -0.119. The standard InChI is InChI=1S/C15H13Cl2NO3S/c1-8-6-10(9(2)22-8)15(20)21-7-13(19)18-14-11(16)4-3-5-12(14)17/h3-6H,7H2,1-2H3,(H,18,19). The van der Waals surface area contributed by atoms with Gasteiger partial charge >= 0.3 is 5.97 Å². The van der Waals surface area contributed by atoms with Crippen LogP contribution in [0, 0.1) is 13.8 Å². The molecule has 1 N–H and O–H groups in total. The summed E-state index contributed by atoms with van der Waals surface area (Å²) in [6.07, 6.45) is 0. The van der Waals surface area contributed by atoms with Gasteiger partial charge in [0.2, 0.25) is 0 Å². The average molecular weight is 358 g/mol. The molecule has 2 rings (SSSR count). The number of nitrogens with one attached hydrogen (secondary N) is 1. The molecule has 0 aliphatic carbocycles. The molecule has 1 amide bonds. The van der Waals surface area contributed by atoms with Gasteiger partial charge in [0.05, 0.1) is 21.3 Å². The van der Waals surface area contributed by atoms with Gasteiger partial charge in [-0.25, -0.2) is 4.79 Å². The van der Waals surface area contributed by atoms with Crippen LogP contribution in [0.2, 0.25) is 10.0 Å². The Kier molecular flexibility index (Phi) is 5.45. The zero-order chi connectivity index (χ0) is 16.3. The number of benzene rings is 1. The van der Waals surface area contributed by atoms with E-state index in [0.717, 1.165) is 9.75 Å². The topological polar surface area (TPSA) is 55.4 Å². The third-order valence-corrected chi connectivity index (χ3v) is 4.42. The number of halogens is 2. The zero-order valence-corrected chi connectivity index (χ0v) is 14.2. The number of anilines is 1. The molecule has 116 valence electrons. The van der Waals surface area contributed by atoms with Gasteiger partial charge in [-0.2, -0.15) is 0 Å². The number of rotatable bonds is 4. The van der Waals surface area contributed by atoms with E-state index in [-0.39, 0.29) is 0 Å². The fourth-order valence-corrected chi connectivity index (χ4v) is 3.24. The molecule has 0 fully saturated rings. The molecule has 1 heterocycles. The Morgan fingerprint density at radius 3 is 2.41 bits per heavy atom. The summed E-state index contributed by atoms with van der Waals surface area (Å²) in [6, 6.07) is 6.62. The first-order valence-corrected chi connectivity index (χ1v) is 7.93. The molecule has 7 heteroatoms. The van der Waals surface area contributed by atoms with Crippen LogP contribution in [0.25, 0.3) is 0 Å². The molecule has 0 saturated heterocycles. The van der Waals surface area contributed by atoms with Gasteiger partial charge in [-0.15, -0.1) is 11.3 Å². The number of thiophene rings is 1. The first kappa shape index (κ1) is 16.8. The highest BCUT2D eigenvalue weighted by Gasteiger charge is 2.16. The molecule has 0 aliphatic heterocycles. The van der Waals surface area contributed by atoms with Crippen molar-refractivity contribution < 1.29 is 14.3 Å². The lowest BCUT2D eigenvalue weighted by Gasteiger charge is -2.09. The number of esters is 1. The molecule has 0 spiro atoms. The molecule has 1 aromatic heterocycles. The fraction of sp³-hybridized carbons (Fsp3) is 0.200. The second kappa shape index (κ2) is 7.13. The predicted molar refractivity (Wildman–Crippen MR) is 89.2 cm³/mol. The molecule has 4 nitrogen and oxygen atoms in total. The summed E-state index contributed by atoms with van der Waals surface area (Å²) in [5, 5.41) is 3.16. The third kappa shape index (κ3) is 4.00. The van der Waals surface area contributed by atoms with Gasteiger partial charge in [0.15, 0.2) is 6.61 Å². The molecular formula is C15H13Cl2NO3S. The summed E-state index contributed by atoms with van der Waals surface area (Å²) in [4.78, 5) is 25.6. The third-order valence-electron chi connectivity index (χ3n) is 2.82. The molecule has 0 bridgehead atoms. The van der Waals surface area contributed by atoms with Gasteiger partial charge in [-0.3, -0.25) is 4.79 Å². The average Bonchev–Trinajstić information content (AvgIpc) is 2.79. The van der Waals surface area contributed by atoms with Gasteiger partial charge < -0.3 is 10.1 Å². The van der Waals surface area contributed by atoms with E-state index in [4.69, 9.17) is 27.9 Å². The highest BCUT2D eigenvalue weighted by Crippen LogP contribution is 2.29. The second-order valence-electron chi connectivity index (χ2n) is 4.55. The fourth-order valence-electron chi connectivity index (χ4n) is 1.84. The van der Waals surface area contributed by atoms with Crippen LogP contribution in [0.5, 0.6) is 0 Å². The highest BCUT2D eigenvalue weighted by atomic mass is 35.5. The lowest BCUT2D eigenvalue weighted by atomic mass is 10.2. The van der Waals surface area contributed by atoms with Crippen molar-refractivity contribution in [2.45, 2.75) is 13.8 Å². The Hall–Kier alpha value is -1.56. The van der Waals surface area contributed by atoms with Crippen LogP contribution >= 0.6 is 34.5 Å². The van der Waals surface area contributed by atoms with Crippen LogP contribution < -0.4 is 5.32 Å². The zero-order valence-electron chi connectivity index (χ0n) is 11.9. The lowest BCUT2D eigenvalue weighted by Crippen LogP contribution is -2.21. The monoisotopic (exact) mass is 357 g/mol. The van der Waals surface area contributed by atoms with Gasteiger partial charge in [0, 0.05) is 9.75 Å². The number of hydrogen-bond acceptors (Lipinski definition) is 4. The molecule has 0 atom stereocenters. The number of carbonyl (C=O) groups excluding carboxylic acids is 2. The highest BCUT2D eigenvalue weighted by molar-refractivity contribution is 7.12. The van der Waals surface area contributed by atoms with Crippen molar-refractivity contribution >= 4 is 52.1 Å². The first-order chi connectivity index (χ1) is 10.4. The quantitative estimate of drug-likeness (QED) is 0.821. The number of ether oxygens (including phenoxy) is 1. The Balaban J connectivity index is 1.96. The van der Waals surface area contributed by atoms with E-state index >= 15 is 0 Å². The van der Waals surface area contributed by atoms with E-state index in [1.165, 1.54) is 11.3 Å². The minimum Gasteiger partial charge on any atom is -0.452 e. The first-order valence-electron chi connectivity index (χ1n) is 6.36. The Morgan fingerprint density at radius 2 is 1.86 bits per heavy atom. The van der Waals surface area contributed by atoms with Crippen LogP contribution in [0.1, 0.15) is 20.1 Å². The Labute approximate surface area is 142 Å². The van der Waals surface area contributed by atoms with Crippen LogP contribution in [0.4, 0.5) is 5.69 Å². The summed E-state index contributed by atoms with van der Waals surface area (Å²) in [5.74, 6) is -1.03. The summed E-state index contributed by atoms with van der Waals surface area (Å²) in [5.41, 5.74) is 0.778. The van der Waals surface area contributed by atoms with Crippen molar-refractivity contribution in [1.82, 2.24) is 0 Å². The van der Waals surface area contributed by atoms with Crippen molar-refractivity contribution in [2.24, 2.45) is 0 Å². The van der Waals surface area contributed by atoms with Crippen molar-refractivity contribution in [2.75, 3.05) is 11.9 Å². The van der Waals surface area contributed by atoms with E-state index in [2.05, 4.69) is 5.32 Å².